The van der Waals surface area contributed by atoms with Crippen LogP contribution in [0, 0.1) is 17.7 Å². The molecule has 3 amide bonds. The van der Waals surface area contributed by atoms with Crippen LogP contribution in [-0.4, -0.2) is 139 Å². The van der Waals surface area contributed by atoms with Gasteiger partial charge in [-0.25, -0.2) is 4.39 Å². The van der Waals surface area contributed by atoms with E-state index < -0.39 is 11.9 Å². The molecule has 6 aliphatic rings. The molecule has 374 valence electrons. The number of halogens is 1. The lowest BCUT2D eigenvalue weighted by molar-refractivity contribution is -0.136. The van der Waals surface area contributed by atoms with Crippen LogP contribution in [0.2, 0.25) is 0 Å². The van der Waals surface area contributed by atoms with E-state index in [2.05, 4.69) is 44.0 Å². The Morgan fingerprint density at radius 3 is 2.48 bits per heavy atom. The molecule has 1 aliphatic carbocycles. The molecule has 3 aromatic carbocycles. The number of aromatic nitrogens is 3. The Morgan fingerprint density at radius 2 is 1.68 bits per heavy atom. The van der Waals surface area contributed by atoms with Crippen LogP contribution in [-0.2, 0) is 27.3 Å². The molecule has 1 saturated carbocycles. The van der Waals surface area contributed by atoms with Crippen molar-refractivity contribution in [1.29, 1.82) is 0 Å². The Kier molecular flexibility index (Phi) is 13.8. The zero-order valence-corrected chi connectivity index (χ0v) is 41.2. The van der Waals surface area contributed by atoms with E-state index in [9.17, 15) is 14.4 Å². The van der Waals surface area contributed by atoms with Crippen LogP contribution < -0.4 is 24.6 Å². The predicted octanol–water partition coefficient (Wildman–Crippen LogP) is 7.36. The summed E-state index contributed by atoms with van der Waals surface area (Å²) in [6.07, 6.45) is 12.4. The van der Waals surface area contributed by atoms with Gasteiger partial charge in [0.25, 0.3) is 5.91 Å². The fraction of sp³-hybridized carbons (Fsp3) is 0.527. The molecule has 1 N–H and O–H groups in total. The third kappa shape index (κ3) is 9.74. The topological polar surface area (TPSA) is 146 Å². The molecule has 2 bridgehead atoms. The first kappa shape index (κ1) is 47.4. The van der Waals surface area contributed by atoms with Gasteiger partial charge in [0.1, 0.15) is 35.4 Å². The lowest BCUT2D eigenvalue weighted by atomic mass is 9.95. The number of unbranched alkanes of at least 4 members (excludes halogenated alkanes) is 2. The van der Waals surface area contributed by atoms with Crippen LogP contribution in [0.15, 0.2) is 54.7 Å². The third-order valence-corrected chi connectivity index (χ3v) is 16.1. The van der Waals surface area contributed by atoms with Gasteiger partial charge < -0.3 is 28.9 Å². The summed E-state index contributed by atoms with van der Waals surface area (Å²) >= 11 is 0. The second kappa shape index (κ2) is 20.6. The van der Waals surface area contributed by atoms with Gasteiger partial charge in [-0.1, -0.05) is 31.5 Å². The first-order valence-corrected chi connectivity index (χ1v) is 26.1. The molecule has 4 atom stereocenters. The number of fused-ring (bicyclic) bond motifs is 5. The van der Waals surface area contributed by atoms with E-state index in [1.165, 1.54) is 19.3 Å². The van der Waals surface area contributed by atoms with Crippen molar-refractivity contribution in [2.45, 2.75) is 96.2 Å². The molecular weight excluding hydrogens is 902 g/mol. The lowest BCUT2D eigenvalue weighted by Gasteiger charge is -2.36. The third-order valence-electron chi connectivity index (χ3n) is 16.1. The highest BCUT2D eigenvalue weighted by atomic mass is 19.1. The normalized spacial score (nSPS) is 22.8. The molecule has 71 heavy (non-hydrogen) atoms. The van der Waals surface area contributed by atoms with Crippen molar-refractivity contribution >= 4 is 50.9 Å². The minimum atomic E-state index is -0.605. The van der Waals surface area contributed by atoms with E-state index in [4.69, 9.17) is 29.2 Å². The second-order valence-corrected chi connectivity index (χ2v) is 20.6. The Morgan fingerprint density at radius 1 is 0.845 bits per heavy atom. The molecule has 2 aromatic heterocycles. The maximum atomic E-state index is 17.4. The summed E-state index contributed by atoms with van der Waals surface area (Å²) in [6.45, 7) is 11.7. The van der Waals surface area contributed by atoms with Crippen molar-refractivity contribution in [1.82, 2.24) is 35.0 Å². The van der Waals surface area contributed by atoms with E-state index in [0.29, 0.717) is 59.5 Å². The molecule has 15 nitrogen and oxygen atoms in total. The van der Waals surface area contributed by atoms with Crippen molar-refractivity contribution in [2.24, 2.45) is 11.8 Å². The summed E-state index contributed by atoms with van der Waals surface area (Å²) in [6, 6.07) is 15.8. The molecule has 2 unspecified atom stereocenters. The summed E-state index contributed by atoms with van der Waals surface area (Å²) in [5, 5.41) is 4.88. The summed E-state index contributed by atoms with van der Waals surface area (Å²) in [5.41, 5.74) is 4.90. The molecule has 5 aliphatic heterocycles. The highest BCUT2D eigenvalue weighted by Crippen LogP contribution is 2.42. The number of benzene rings is 3. The number of piperazine rings is 1. The van der Waals surface area contributed by atoms with E-state index in [1.54, 1.807) is 18.2 Å². The number of hydrogen-bond acceptors (Lipinski definition) is 13. The van der Waals surface area contributed by atoms with E-state index in [0.717, 1.165) is 125 Å². The van der Waals surface area contributed by atoms with Crippen molar-refractivity contribution in [3.05, 3.63) is 77.2 Å². The summed E-state index contributed by atoms with van der Waals surface area (Å²) in [4.78, 5) is 63.6. The van der Waals surface area contributed by atoms with Crippen molar-refractivity contribution in [2.75, 3.05) is 89.2 Å². The number of nitrogens with zero attached hydrogens (tertiary/aromatic N) is 8. The number of carbonyl (C=O) groups is 3. The largest absolute Gasteiger partial charge is 0.468 e. The number of likely N-dealkylation sites (tertiary alicyclic amines) is 1. The Balaban J connectivity index is 0.712. The summed E-state index contributed by atoms with van der Waals surface area (Å²) in [7, 11) is 1.58. The molecule has 5 fully saturated rings. The predicted molar refractivity (Wildman–Crippen MR) is 270 cm³/mol. The Hall–Kier alpha value is -5.97. The fourth-order valence-corrected chi connectivity index (χ4v) is 12.4. The molecule has 16 heteroatoms. The number of aryl methyl sites for hydroxylation is 1. The number of anilines is 2. The number of methoxy groups -OCH3 is 1. The van der Waals surface area contributed by atoms with Crippen LogP contribution in [0.4, 0.5) is 15.9 Å². The number of carbonyl (C=O) groups excluding carboxylic acids is 3. The minimum Gasteiger partial charge on any atom is -0.468 e. The zero-order chi connectivity index (χ0) is 48.6. The first-order chi connectivity index (χ1) is 34.7. The highest BCUT2D eigenvalue weighted by Gasteiger charge is 2.40. The number of piperidine rings is 2. The quantitative estimate of drug-likeness (QED) is 0.0563. The van der Waals surface area contributed by atoms with E-state index in [1.807, 2.05) is 36.4 Å². The van der Waals surface area contributed by atoms with Crippen LogP contribution in [0.1, 0.15) is 92.6 Å². The maximum absolute atomic E-state index is 17.4. The van der Waals surface area contributed by atoms with Gasteiger partial charge in [-0.3, -0.25) is 34.5 Å². The lowest BCUT2D eigenvalue weighted by Crippen LogP contribution is -2.52. The molecule has 7 heterocycles. The van der Waals surface area contributed by atoms with Crippen molar-refractivity contribution < 1.29 is 33.0 Å². The van der Waals surface area contributed by atoms with E-state index in [-0.39, 0.29) is 54.2 Å². The second-order valence-electron chi connectivity index (χ2n) is 20.6. The van der Waals surface area contributed by atoms with Crippen LogP contribution in [0.3, 0.4) is 0 Å². The van der Waals surface area contributed by atoms with Gasteiger partial charge in [0.05, 0.1) is 5.39 Å². The van der Waals surface area contributed by atoms with Crippen molar-refractivity contribution in [3.63, 3.8) is 0 Å². The standard InChI is InChI=1S/C55H66FN9O6/c1-3-37-9-7-10-38-27-42(71-34-69-2)28-44(48(37)38)50-49(56)51-45(29-57-50)52(64-30-35-12-13-36(25-35)31-64)60-55(59-51)70-33-41-11-8-20-62(41)19-6-4-5-18-61-21-23-63(24-22-61)40-14-15-43-39(26-40)32-65(54(43)68)46-16-17-47(66)58-53(46)67/h7,9-10,14-15,26-29,35-36,41,46H,3-6,8,11-13,16-25,30-34H2,1-2H3,(H,58,66,67)/t35?,36?,41-,46-/m0/s1. The molecular formula is C55H66FN9O6. The maximum Gasteiger partial charge on any atom is 0.319 e. The van der Waals surface area contributed by atoms with Crippen LogP contribution >= 0.6 is 0 Å². The van der Waals surface area contributed by atoms with E-state index >= 15 is 4.39 Å². The van der Waals surface area contributed by atoms with Crippen LogP contribution in [0.5, 0.6) is 11.8 Å². The van der Waals surface area contributed by atoms with Gasteiger partial charge in [0, 0.05) is 88.4 Å². The number of ether oxygens (including phenoxy) is 3. The average molecular weight is 968 g/mol. The van der Waals surface area contributed by atoms with Gasteiger partial charge in [-0.15, -0.1) is 0 Å². The molecule has 0 radical (unpaired) electrons. The monoisotopic (exact) mass is 968 g/mol. The smallest absolute Gasteiger partial charge is 0.319 e. The first-order valence-electron chi connectivity index (χ1n) is 26.1. The summed E-state index contributed by atoms with van der Waals surface area (Å²) < 4.78 is 35.1. The molecule has 5 aromatic rings. The Labute approximate surface area is 415 Å². The molecule has 11 rings (SSSR count). The fourth-order valence-electron chi connectivity index (χ4n) is 12.4. The summed E-state index contributed by atoms with van der Waals surface area (Å²) in [5.74, 6) is 1.20. The SMILES string of the molecule is CCc1cccc2cc(OCOC)cc(-c3ncc4c(N5CC6CCC(C6)C5)nc(OC[C@@H]5CCCN5CCCCCN5CCN(c6ccc7c(c6)CN([C@H]6CCC(=O)NC6=O)C7=O)CC5)nc4c3F)c12. The number of rotatable bonds is 17. The zero-order valence-electron chi connectivity index (χ0n) is 41.2. The molecule has 0 spiro atoms. The molecule has 4 saturated heterocycles. The Bertz CT molecular complexity index is 2810. The van der Waals surface area contributed by atoms with Gasteiger partial charge in [-0.2, -0.15) is 9.97 Å². The number of nitrogens with one attached hydrogen (secondary N) is 1. The van der Waals surface area contributed by atoms with Gasteiger partial charge in [0.2, 0.25) is 11.8 Å². The van der Waals surface area contributed by atoms with Gasteiger partial charge >= 0.3 is 6.01 Å². The van der Waals surface area contributed by atoms with Gasteiger partial charge in [0.15, 0.2) is 12.6 Å². The van der Waals surface area contributed by atoms with Gasteiger partial charge in [-0.05, 0) is 141 Å². The number of hydrogen-bond donors (Lipinski definition) is 1. The van der Waals surface area contributed by atoms with Crippen LogP contribution in [0.25, 0.3) is 32.9 Å². The van der Waals surface area contributed by atoms with Crippen molar-refractivity contribution in [3.8, 4) is 23.0 Å². The minimum absolute atomic E-state index is 0.0721. The number of pyridine rings is 1. The average Bonchev–Trinajstić information content (AvgIpc) is 4.09. The number of imide groups is 1. The highest BCUT2D eigenvalue weighted by molar-refractivity contribution is 6.06. The number of amides is 3.